The molecule has 2 amide bonds. The maximum Gasteiger partial charge on any atom is 0.334 e. The highest BCUT2D eigenvalue weighted by atomic mass is 35.6. The predicted octanol–water partition coefficient (Wildman–Crippen LogP) is 1.67. The molecule has 3 rings (SSSR count). The van der Waals surface area contributed by atoms with Gasteiger partial charge < -0.3 is 15.0 Å². The molecular weight excluding hydrogens is 463 g/mol. The molecule has 2 aliphatic heterocycles. The lowest BCUT2D eigenvalue weighted by molar-refractivity contribution is -0.163. The molecule has 2 aliphatic rings. The van der Waals surface area contributed by atoms with E-state index in [1.165, 1.54) is 16.7 Å². The Morgan fingerprint density at radius 1 is 1.28 bits per heavy atom. The largest absolute Gasteiger partial charge is 0.459 e. The standard InChI is InChI=1S/C18H15Cl3N2O5S/c19-18(20,21)9-28-17(27)14-11(7-24)8-29-16-13(15(26)23(14)16)22-12(25)6-10-4-2-1-3-5-10/h1-5,13-14,16H,6,8-9H2,(H,22,25)/t13?,14?,16-/m1/s1. The van der Waals surface area contributed by atoms with Crippen LogP contribution in [-0.2, 0) is 30.3 Å². The molecule has 2 fully saturated rings. The van der Waals surface area contributed by atoms with E-state index in [-0.39, 0.29) is 23.7 Å². The third-order valence-corrected chi connectivity index (χ3v) is 6.00. The second-order valence-corrected chi connectivity index (χ2v) is 10.0. The summed E-state index contributed by atoms with van der Waals surface area (Å²) in [5.41, 5.74) is 0.868. The third kappa shape index (κ3) is 5.08. The van der Waals surface area contributed by atoms with E-state index in [0.717, 1.165) is 5.56 Å². The van der Waals surface area contributed by atoms with Crippen LogP contribution in [0.15, 0.2) is 35.9 Å². The number of carbonyl (C=O) groups is 3. The van der Waals surface area contributed by atoms with E-state index in [0.29, 0.717) is 0 Å². The molecular formula is C18H15Cl3N2O5S. The average molecular weight is 478 g/mol. The van der Waals surface area contributed by atoms with E-state index in [1.807, 2.05) is 30.3 Å². The van der Waals surface area contributed by atoms with Gasteiger partial charge in [-0.2, -0.15) is 0 Å². The minimum absolute atomic E-state index is 0.0583. The number of thioether (sulfide) groups is 1. The number of halogens is 3. The molecule has 0 aromatic heterocycles. The van der Waals surface area contributed by atoms with E-state index >= 15 is 0 Å². The molecule has 3 atom stereocenters. The zero-order valence-electron chi connectivity index (χ0n) is 14.8. The zero-order valence-corrected chi connectivity index (χ0v) is 17.9. The molecule has 154 valence electrons. The zero-order chi connectivity index (χ0) is 21.2. The van der Waals surface area contributed by atoms with Gasteiger partial charge in [0.05, 0.1) is 12.0 Å². The number of nitrogens with one attached hydrogen (secondary N) is 1. The molecule has 0 spiro atoms. The number of carbonyl (C=O) groups excluding carboxylic acids is 4. The fourth-order valence-electron chi connectivity index (χ4n) is 3.07. The fourth-order valence-corrected chi connectivity index (χ4v) is 4.56. The van der Waals surface area contributed by atoms with Crippen molar-refractivity contribution < 1.29 is 23.9 Å². The highest BCUT2D eigenvalue weighted by Crippen LogP contribution is 2.40. The smallest absolute Gasteiger partial charge is 0.334 e. The normalized spacial score (nSPS) is 23.6. The molecule has 2 heterocycles. The van der Waals surface area contributed by atoms with Gasteiger partial charge in [0.25, 0.3) is 0 Å². The topological polar surface area (TPSA) is 92.8 Å². The lowest BCUT2D eigenvalue weighted by Gasteiger charge is -2.52. The molecule has 11 heteroatoms. The quantitative estimate of drug-likeness (QED) is 0.300. The minimum Gasteiger partial charge on any atom is -0.459 e. The van der Waals surface area contributed by atoms with Crippen LogP contribution in [0.3, 0.4) is 0 Å². The molecule has 0 bridgehead atoms. The van der Waals surface area contributed by atoms with Crippen molar-refractivity contribution in [1.29, 1.82) is 0 Å². The summed E-state index contributed by atoms with van der Waals surface area (Å²) in [5.74, 6) is 0.156. The molecule has 0 radical (unpaired) electrons. The summed E-state index contributed by atoms with van der Waals surface area (Å²) in [6.45, 7) is -0.532. The molecule has 1 aromatic carbocycles. The molecule has 29 heavy (non-hydrogen) atoms. The second-order valence-electron chi connectivity index (χ2n) is 6.41. The van der Waals surface area contributed by atoms with E-state index in [9.17, 15) is 19.2 Å². The lowest BCUT2D eigenvalue weighted by Crippen LogP contribution is -2.75. The summed E-state index contributed by atoms with van der Waals surface area (Å²) in [5, 5.41) is 2.18. The van der Waals surface area contributed by atoms with Crippen LogP contribution in [-0.4, -0.2) is 62.2 Å². The van der Waals surface area contributed by atoms with Crippen LogP contribution in [0.25, 0.3) is 0 Å². The van der Waals surface area contributed by atoms with Crippen molar-refractivity contribution in [3.8, 4) is 0 Å². The molecule has 1 N–H and O–H groups in total. The maximum atomic E-state index is 12.6. The number of rotatable bonds is 5. The monoisotopic (exact) mass is 476 g/mol. The van der Waals surface area contributed by atoms with Crippen molar-refractivity contribution >= 4 is 70.3 Å². The Morgan fingerprint density at radius 2 is 1.97 bits per heavy atom. The van der Waals surface area contributed by atoms with Crippen LogP contribution >= 0.6 is 46.6 Å². The van der Waals surface area contributed by atoms with Crippen LogP contribution in [0.2, 0.25) is 0 Å². The summed E-state index contributed by atoms with van der Waals surface area (Å²) in [6.07, 6.45) is 0.121. The Labute approximate surface area is 185 Å². The van der Waals surface area contributed by atoms with Crippen LogP contribution in [0, 0.1) is 0 Å². The van der Waals surface area contributed by atoms with Gasteiger partial charge in [0.1, 0.15) is 24.0 Å². The third-order valence-electron chi connectivity index (χ3n) is 4.35. The number of benzene rings is 1. The first-order valence-corrected chi connectivity index (χ1v) is 10.6. The average Bonchev–Trinajstić information content (AvgIpc) is 2.69. The van der Waals surface area contributed by atoms with Gasteiger partial charge in [0.2, 0.25) is 15.6 Å². The van der Waals surface area contributed by atoms with Gasteiger partial charge >= 0.3 is 5.97 Å². The molecule has 1 aromatic rings. The van der Waals surface area contributed by atoms with Crippen molar-refractivity contribution in [2.75, 3.05) is 12.4 Å². The number of fused-ring (bicyclic) bond motifs is 1. The van der Waals surface area contributed by atoms with Crippen molar-refractivity contribution in [2.45, 2.75) is 27.7 Å². The summed E-state index contributed by atoms with van der Waals surface area (Å²) in [6, 6.07) is 7.04. The van der Waals surface area contributed by atoms with E-state index in [1.54, 1.807) is 5.94 Å². The van der Waals surface area contributed by atoms with E-state index in [4.69, 9.17) is 39.5 Å². The molecule has 0 aliphatic carbocycles. The number of esters is 1. The van der Waals surface area contributed by atoms with Crippen molar-refractivity contribution in [2.24, 2.45) is 0 Å². The van der Waals surface area contributed by atoms with E-state index in [2.05, 4.69) is 5.32 Å². The summed E-state index contributed by atoms with van der Waals surface area (Å²) < 4.78 is 3.13. The first kappa shape index (κ1) is 22.0. The van der Waals surface area contributed by atoms with E-state index < -0.39 is 39.7 Å². The fraction of sp³-hybridized carbons (Fsp3) is 0.389. The molecule has 0 saturated carbocycles. The highest BCUT2D eigenvalue weighted by molar-refractivity contribution is 8.00. The predicted molar refractivity (Wildman–Crippen MR) is 109 cm³/mol. The van der Waals surface area contributed by atoms with Gasteiger partial charge in [0, 0.05) is 5.75 Å². The van der Waals surface area contributed by atoms with Crippen molar-refractivity contribution in [1.82, 2.24) is 10.2 Å². The summed E-state index contributed by atoms with van der Waals surface area (Å²) in [4.78, 5) is 49.8. The Kier molecular flexibility index (Phi) is 6.81. The SMILES string of the molecule is O=C=C1CS[C@@H]2C(NC(=O)Cc3ccccc3)C(=O)N2C1C(=O)OCC(Cl)(Cl)Cl. The van der Waals surface area contributed by atoms with Gasteiger partial charge in [-0.15, -0.1) is 11.8 Å². The number of hydrogen-bond acceptors (Lipinski definition) is 6. The van der Waals surface area contributed by atoms with Crippen molar-refractivity contribution in [3.05, 3.63) is 41.5 Å². The molecule has 7 nitrogen and oxygen atoms in total. The molecule has 2 saturated heterocycles. The molecule has 2 unspecified atom stereocenters. The number of amides is 2. The first-order chi connectivity index (χ1) is 13.7. The minimum atomic E-state index is -1.82. The Morgan fingerprint density at radius 3 is 2.59 bits per heavy atom. The second kappa shape index (κ2) is 8.98. The number of alkyl halides is 3. The van der Waals surface area contributed by atoms with Gasteiger partial charge in [-0.1, -0.05) is 65.1 Å². The van der Waals surface area contributed by atoms with Gasteiger partial charge in [-0.25, -0.2) is 9.59 Å². The highest BCUT2D eigenvalue weighted by Gasteiger charge is 2.57. The van der Waals surface area contributed by atoms with Crippen LogP contribution < -0.4 is 5.32 Å². The summed E-state index contributed by atoms with van der Waals surface area (Å²) in [7, 11) is 0. The number of ether oxygens (including phenoxy) is 1. The van der Waals surface area contributed by atoms with Crippen LogP contribution in [0.5, 0.6) is 0 Å². The van der Waals surface area contributed by atoms with Crippen LogP contribution in [0.4, 0.5) is 0 Å². The van der Waals surface area contributed by atoms with Crippen molar-refractivity contribution in [3.63, 3.8) is 0 Å². The van der Waals surface area contributed by atoms with Crippen LogP contribution in [0.1, 0.15) is 5.56 Å². The van der Waals surface area contributed by atoms with Gasteiger partial charge in [-0.3, -0.25) is 9.59 Å². The van der Waals surface area contributed by atoms with Gasteiger partial charge in [-0.05, 0) is 5.56 Å². The van der Waals surface area contributed by atoms with Gasteiger partial charge in [0.15, 0.2) is 6.04 Å². The number of hydrogen-bond donors (Lipinski definition) is 1. The number of nitrogens with zero attached hydrogens (tertiary/aromatic N) is 1. The summed E-state index contributed by atoms with van der Waals surface area (Å²) >= 11 is 18.0. The Balaban J connectivity index is 1.67. The maximum absolute atomic E-state index is 12.6. The Hall–Kier alpha value is -1.70. The Bertz CT molecular complexity index is 870. The number of β-lactam (4-membered cyclic amide) rings is 1. The first-order valence-electron chi connectivity index (χ1n) is 8.45. The lowest BCUT2D eigenvalue weighted by atomic mass is 9.98.